The van der Waals surface area contributed by atoms with Crippen molar-refractivity contribution in [2.45, 2.75) is 25.5 Å². The second-order valence-corrected chi connectivity index (χ2v) is 5.17. The summed E-state index contributed by atoms with van der Waals surface area (Å²) in [7, 11) is 0. The van der Waals surface area contributed by atoms with Crippen molar-refractivity contribution in [3.8, 4) is 11.5 Å². The van der Waals surface area contributed by atoms with Crippen molar-refractivity contribution in [3.05, 3.63) is 59.7 Å². The highest BCUT2D eigenvalue weighted by Crippen LogP contribution is 2.27. The number of phenols is 2. The van der Waals surface area contributed by atoms with Gasteiger partial charge < -0.3 is 26.8 Å². The summed E-state index contributed by atoms with van der Waals surface area (Å²) in [5.74, 6) is -0.456. The van der Waals surface area contributed by atoms with Crippen LogP contribution in [0.15, 0.2) is 48.5 Å². The minimum absolute atomic E-state index is 0.0875. The highest BCUT2D eigenvalue weighted by molar-refractivity contribution is 5.41. The summed E-state index contributed by atoms with van der Waals surface area (Å²) in [6.07, 6.45) is 0.178. The molecule has 0 aliphatic heterocycles. The molecule has 5 heteroatoms. The molecule has 0 saturated carbocycles. The Hall–Kier alpha value is -2.08. The third-order valence-electron chi connectivity index (χ3n) is 3.01. The van der Waals surface area contributed by atoms with E-state index in [9.17, 15) is 5.11 Å². The predicted molar refractivity (Wildman–Crippen MR) is 87.6 cm³/mol. The molecule has 0 amide bonds. The Morgan fingerprint density at radius 3 is 2.14 bits per heavy atom. The first-order chi connectivity index (χ1) is 10.4. The second-order valence-electron chi connectivity index (χ2n) is 5.17. The quantitative estimate of drug-likeness (QED) is 0.551. The number of aliphatic hydroxyl groups excluding tert-OH is 1. The molecule has 0 spiro atoms. The lowest BCUT2D eigenvalue weighted by Crippen LogP contribution is -2.17. The van der Waals surface area contributed by atoms with E-state index < -0.39 is 6.10 Å². The molecule has 0 heterocycles. The molecule has 2 atom stereocenters. The average molecular weight is 304 g/mol. The van der Waals surface area contributed by atoms with Gasteiger partial charge in [0.05, 0.1) is 6.10 Å². The Morgan fingerprint density at radius 1 is 1.00 bits per heavy atom. The first-order valence-electron chi connectivity index (χ1n) is 7.13. The monoisotopic (exact) mass is 304 g/mol. The van der Waals surface area contributed by atoms with Gasteiger partial charge in [0.25, 0.3) is 0 Å². The lowest BCUT2D eigenvalue weighted by Gasteiger charge is -2.08. The fourth-order valence-electron chi connectivity index (χ4n) is 1.87. The first kappa shape index (κ1) is 18.0. The van der Waals surface area contributed by atoms with Gasteiger partial charge in [-0.1, -0.05) is 36.4 Å². The van der Waals surface area contributed by atoms with E-state index in [1.54, 1.807) is 0 Å². The Labute approximate surface area is 130 Å². The van der Waals surface area contributed by atoms with E-state index in [2.05, 4.69) is 12.1 Å². The standard InChI is InChI=1S/C9H13N.C8H11NO3/c1-8(10)7-9-5-3-2-4-6-9;9-4-8(12)5-1-2-6(10)7(11)3-5/h2-6,8H,7,10H2,1H3;1-3,8,10-12H,4,9H2/t;8-/m.0/s1. The van der Waals surface area contributed by atoms with Crippen LogP contribution >= 0.6 is 0 Å². The van der Waals surface area contributed by atoms with Gasteiger partial charge in [-0.15, -0.1) is 0 Å². The summed E-state index contributed by atoms with van der Waals surface area (Å²) >= 11 is 0. The average Bonchev–Trinajstić information content (AvgIpc) is 2.50. The normalized spacial score (nSPS) is 12.9. The van der Waals surface area contributed by atoms with Crippen LogP contribution < -0.4 is 11.5 Å². The molecule has 2 rings (SSSR count). The number of benzene rings is 2. The number of nitrogens with two attached hydrogens (primary N) is 2. The smallest absolute Gasteiger partial charge is 0.157 e. The van der Waals surface area contributed by atoms with Crippen molar-refractivity contribution in [2.75, 3.05) is 6.54 Å². The fourth-order valence-corrected chi connectivity index (χ4v) is 1.87. The van der Waals surface area contributed by atoms with Crippen LogP contribution in [0.5, 0.6) is 11.5 Å². The summed E-state index contributed by atoms with van der Waals surface area (Å²) < 4.78 is 0. The van der Waals surface area contributed by atoms with Crippen molar-refractivity contribution >= 4 is 0 Å². The molecule has 0 aliphatic carbocycles. The van der Waals surface area contributed by atoms with Gasteiger partial charge >= 0.3 is 0 Å². The molecule has 0 radical (unpaired) electrons. The van der Waals surface area contributed by atoms with Gasteiger partial charge in [-0.25, -0.2) is 0 Å². The third kappa shape index (κ3) is 6.13. The summed E-state index contributed by atoms with van der Waals surface area (Å²) in [5, 5.41) is 27.2. The van der Waals surface area contributed by atoms with E-state index >= 15 is 0 Å². The maximum absolute atomic E-state index is 9.23. The zero-order valence-corrected chi connectivity index (χ0v) is 12.7. The highest BCUT2D eigenvalue weighted by Gasteiger charge is 2.07. The Morgan fingerprint density at radius 2 is 1.64 bits per heavy atom. The van der Waals surface area contributed by atoms with E-state index in [0.717, 1.165) is 6.42 Å². The number of hydrogen-bond acceptors (Lipinski definition) is 5. The van der Waals surface area contributed by atoms with E-state index in [0.29, 0.717) is 5.56 Å². The van der Waals surface area contributed by atoms with Crippen LogP contribution in [0, 0.1) is 0 Å². The van der Waals surface area contributed by atoms with Crippen LogP contribution in [-0.4, -0.2) is 27.9 Å². The maximum atomic E-state index is 9.23. The molecule has 120 valence electrons. The summed E-state index contributed by atoms with van der Waals surface area (Å²) in [6, 6.07) is 14.7. The van der Waals surface area contributed by atoms with Gasteiger partial charge in [-0.05, 0) is 36.6 Å². The molecule has 1 unspecified atom stereocenters. The Kier molecular flexibility index (Phi) is 7.39. The van der Waals surface area contributed by atoms with Gasteiger partial charge in [-0.2, -0.15) is 0 Å². The predicted octanol–water partition coefficient (Wildman–Crippen LogP) is 1.67. The largest absolute Gasteiger partial charge is 0.504 e. The third-order valence-corrected chi connectivity index (χ3v) is 3.01. The molecule has 2 aromatic rings. The SMILES string of the molecule is CC(N)Cc1ccccc1.NC[C@H](O)c1ccc(O)c(O)c1. The number of aromatic hydroxyl groups is 2. The van der Waals surface area contributed by atoms with Gasteiger partial charge in [0.2, 0.25) is 0 Å². The van der Waals surface area contributed by atoms with Gasteiger partial charge in [-0.3, -0.25) is 0 Å². The van der Waals surface area contributed by atoms with Crippen LogP contribution in [0.4, 0.5) is 0 Å². The number of rotatable bonds is 4. The van der Waals surface area contributed by atoms with Crippen molar-refractivity contribution in [2.24, 2.45) is 11.5 Å². The topological polar surface area (TPSA) is 113 Å². The van der Waals surface area contributed by atoms with Crippen molar-refractivity contribution in [1.82, 2.24) is 0 Å². The van der Waals surface area contributed by atoms with Crippen LogP contribution in [0.1, 0.15) is 24.2 Å². The zero-order valence-electron chi connectivity index (χ0n) is 12.7. The van der Waals surface area contributed by atoms with Crippen LogP contribution in [0.2, 0.25) is 0 Å². The van der Waals surface area contributed by atoms with Gasteiger partial charge in [0.15, 0.2) is 11.5 Å². The molecule has 0 aliphatic rings. The zero-order chi connectivity index (χ0) is 16.5. The summed E-state index contributed by atoms with van der Waals surface area (Å²) in [6.45, 7) is 2.11. The molecule has 0 fully saturated rings. The minimum atomic E-state index is -0.795. The van der Waals surface area contributed by atoms with Crippen LogP contribution in [0.3, 0.4) is 0 Å². The highest BCUT2D eigenvalue weighted by atomic mass is 16.3. The molecule has 22 heavy (non-hydrogen) atoms. The molecule has 0 bridgehead atoms. The van der Waals surface area contributed by atoms with E-state index in [4.69, 9.17) is 21.7 Å². The summed E-state index contributed by atoms with van der Waals surface area (Å²) in [4.78, 5) is 0. The molecular formula is C17H24N2O3. The van der Waals surface area contributed by atoms with E-state index in [1.165, 1.54) is 23.8 Å². The maximum Gasteiger partial charge on any atom is 0.157 e. The van der Waals surface area contributed by atoms with Crippen molar-refractivity contribution < 1.29 is 15.3 Å². The lowest BCUT2D eigenvalue weighted by molar-refractivity contribution is 0.186. The molecule has 0 saturated heterocycles. The number of phenolic OH excluding ortho intramolecular Hbond substituents is 2. The van der Waals surface area contributed by atoms with Crippen molar-refractivity contribution in [3.63, 3.8) is 0 Å². The Bertz CT molecular complexity index is 559. The van der Waals surface area contributed by atoms with Crippen LogP contribution in [-0.2, 0) is 6.42 Å². The van der Waals surface area contributed by atoms with E-state index in [-0.39, 0.29) is 24.1 Å². The van der Waals surface area contributed by atoms with Gasteiger partial charge in [0, 0.05) is 12.6 Å². The second kappa shape index (κ2) is 9.04. The molecule has 0 aromatic heterocycles. The molecular weight excluding hydrogens is 280 g/mol. The van der Waals surface area contributed by atoms with Gasteiger partial charge in [0.1, 0.15) is 0 Å². The Balaban J connectivity index is 0.000000224. The number of aliphatic hydroxyl groups is 1. The molecule has 7 N–H and O–H groups in total. The van der Waals surface area contributed by atoms with Crippen LogP contribution in [0.25, 0.3) is 0 Å². The molecule has 5 nitrogen and oxygen atoms in total. The fraction of sp³-hybridized carbons (Fsp3) is 0.294. The van der Waals surface area contributed by atoms with Crippen molar-refractivity contribution in [1.29, 1.82) is 0 Å². The number of hydrogen-bond donors (Lipinski definition) is 5. The first-order valence-corrected chi connectivity index (χ1v) is 7.13. The lowest BCUT2D eigenvalue weighted by atomic mass is 10.1. The molecule has 2 aromatic carbocycles. The summed E-state index contributed by atoms with van der Waals surface area (Å²) in [5.41, 5.74) is 12.6. The minimum Gasteiger partial charge on any atom is -0.504 e. The van der Waals surface area contributed by atoms with E-state index in [1.807, 2.05) is 25.1 Å².